The molecule has 2 aliphatic rings. The van der Waals surface area contributed by atoms with Crippen LogP contribution in [-0.2, 0) is 29.7 Å². The van der Waals surface area contributed by atoms with E-state index in [0.29, 0.717) is 13.0 Å². The van der Waals surface area contributed by atoms with E-state index in [0.717, 1.165) is 49.6 Å². The Morgan fingerprint density at radius 1 is 1.28 bits per heavy atom. The number of aliphatic carboxylic acids is 1. The van der Waals surface area contributed by atoms with E-state index in [1.54, 1.807) is 0 Å². The van der Waals surface area contributed by atoms with Crippen molar-refractivity contribution in [2.45, 2.75) is 46.0 Å². The summed E-state index contributed by atoms with van der Waals surface area (Å²) >= 11 is 0. The van der Waals surface area contributed by atoms with Crippen molar-refractivity contribution in [1.82, 2.24) is 24.7 Å². The van der Waals surface area contributed by atoms with Gasteiger partial charge in [-0.05, 0) is 26.8 Å². The molecule has 2 aliphatic heterocycles. The first-order valence-electron chi connectivity index (χ1n) is 10.1. The lowest BCUT2D eigenvalue weighted by molar-refractivity contribution is -0.192. The van der Waals surface area contributed by atoms with Gasteiger partial charge >= 0.3 is 12.1 Å². The van der Waals surface area contributed by atoms with Crippen LogP contribution in [0.15, 0.2) is 16.9 Å². The molecule has 2 fully saturated rings. The molecule has 1 N–H and O–H groups in total. The van der Waals surface area contributed by atoms with Crippen LogP contribution in [0, 0.1) is 19.3 Å². The Morgan fingerprint density at radius 2 is 1.97 bits per heavy atom. The van der Waals surface area contributed by atoms with Gasteiger partial charge in [0.1, 0.15) is 5.76 Å². The van der Waals surface area contributed by atoms with Gasteiger partial charge in [-0.25, -0.2) is 4.79 Å². The summed E-state index contributed by atoms with van der Waals surface area (Å²) in [4.78, 5) is 25.9. The first-order valence-corrected chi connectivity index (χ1v) is 10.1. The van der Waals surface area contributed by atoms with Crippen molar-refractivity contribution < 1.29 is 32.4 Å². The summed E-state index contributed by atoms with van der Waals surface area (Å²) in [5.74, 6) is -1.69. The van der Waals surface area contributed by atoms with Crippen molar-refractivity contribution in [3.8, 4) is 0 Å². The normalized spacial score (nSPS) is 21.3. The van der Waals surface area contributed by atoms with E-state index in [-0.39, 0.29) is 11.3 Å². The molecular formula is C20H26F3N5O4. The molecule has 2 aromatic heterocycles. The molecule has 176 valence electrons. The molecule has 0 saturated carbocycles. The van der Waals surface area contributed by atoms with Gasteiger partial charge in [-0.2, -0.15) is 18.3 Å². The molecule has 32 heavy (non-hydrogen) atoms. The zero-order chi connectivity index (χ0) is 23.7. The number of nitrogens with zero attached hydrogens (tertiary/aromatic N) is 5. The van der Waals surface area contributed by atoms with Gasteiger partial charge in [0.15, 0.2) is 0 Å². The molecule has 2 saturated heterocycles. The quantitative estimate of drug-likeness (QED) is 0.751. The average Bonchev–Trinajstić information content (AvgIpc) is 3.43. The Balaban J connectivity index is 0.000000360. The fourth-order valence-electron chi connectivity index (χ4n) is 4.29. The molecule has 4 rings (SSSR count). The first kappa shape index (κ1) is 23.8. The van der Waals surface area contributed by atoms with E-state index in [1.165, 1.54) is 5.56 Å². The van der Waals surface area contributed by atoms with Crippen molar-refractivity contribution in [2.24, 2.45) is 12.5 Å². The predicted octanol–water partition coefficient (Wildman–Crippen LogP) is 2.28. The van der Waals surface area contributed by atoms with Gasteiger partial charge in [0.05, 0.1) is 18.4 Å². The summed E-state index contributed by atoms with van der Waals surface area (Å²) in [5.41, 5.74) is 3.26. The standard InChI is InChI=1S/C18H25N5O2.C2HF3O2/c1-13-16(14(2)25-20-13)10-23-12-18(6-17(23)24)4-5-22(11-18)9-15-7-19-21(3)8-15;3-2(4,5)1(6)7/h7-8H,4-6,9-12H2,1-3H3;(H,6,7). The largest absolute Gasteiger partial charge is 0.490 e. The Bertz CT molecular complexity index is 967. The zero-order valence-electron chi connectivity index (χ0n) is 18.1. The second kappa shape index (κ2) is 8.93. The van der Waals surface area contributed by atoms with E-state index in [4.69, 9.17) is 14.4 Å². The third-order valence-corrected chi connectivity index (χ3v) is 5.86. The molecule has 12 heteroatoms. The monoisotopic (exact) mass is 457 g/mol. The number of halogens is 3. The second-order valence-corrected chi connectivity index (χ2v) is 8.52. The number of carboxylic acid groups (broad SMARTS) is 1. The summed E-state index contributed by atoms with van der Waals surface area (Å²) in [6.07, 6.45) is 0.639. The summed E-state index contributed by atoms with van der Waals surface area (Å²) in [6.45, 7) is 8.23. The lowest BCUT2D eigenvalue weighted by Crippen LogP contribution is -2.31. The van der Waals surface area contributed by atoms with Crippen LogP contribution < -0.4 is 0 Å². The number of alkyl halides is 3. The Hall–Kier alpha value is -2.89. The van der Waals surface area contributed by atoms with Gasteiger partial charge in [0.25, 0.3) is 0 Å². The summed E-state index contributed by atoms with van der Waals surface area (Å²) in [6, 6.07) is 0. The van der Waals surface area contributed by atoms with Crippen LogP contribution >= 0.6 is 0 Å². The number of aromatic nitrogens is 3. The molecule has 4 heterocycles. The average molecular weight is 457 g/mol. The summed E-state index contributed by atoms with van der Waals surface area (Å²) in [7, 11) is 1.94. The minimum atomic E-state index is -5.08. The van der Waals surface area contributed by atoms with Gasteiger partial charge in [-0.3, -0.25) is 14.4 Å². The highest BCUT2D eigenvalue weighted by molar-refractivity contribution is 5.79. The number of hydrogen-bond acceptors (Lipinski definition) is 6. The number of amides is 1. The molecule has 1 spiro atoms. The predicted molar refractivity (Wildman–Crippen MR) is 105 cm³/mol. The van der Waals surface area contributed by atoms with Crippen LogP contribution in [0.25, 0.3) is 0 Å². The SMILES string of the molecule is Cc1noc(C)c1CN1CC2(CCN(Cc3cnn(C)c3)C2)CC1=O.O=C(O)C(F)(F)F. The van der Waals surface area contributed by atoms with Crippen molar-refractivity contribution in [2.75, 3.05) is 19.6 Å². The van der Waals surface area contributed by atoms with Crippen LogP contribution in [0.2, 0.25) is 0 Å². The highest BCUT2D eigenvalue weighted by Gasteiger charge is 2.47. The lowest BCUT2D eigenvalue weighted by atomic mass is 9.86. The number of hydrogen-bond donors (Lipinski definition) is 1. The van der Waals surface area contributed by atoms with Gasteiger partial charge in [0.2, 0.25) is 5.91 Å². The minimum Gasteiger partial charge on any atom is -0.475 e. The zero-order valence-corrected chi connectivity index (χ0v) is 18.1. The van der Waals surface area contributed by atoms with Gasteiger partial charge in [-0.1, -0.05) is 5.16 Å². The van der Waals surface area contributed by atoms with Crippen molar-refractivity contribution >= 4 is 11.9 Å². The van der Waals surface area contributed by atoms with Gasteiger partial charge in [-0.15, -0.1) is 0 Å². The maximum Gasteiger partial charge on any atom is 0.490 e. The smallest absolute Gasteiger partial charge is 0.475 e. The van der Waals surface area contributed by atoms with E-state index >= 15 is 0 Å². The number of rotatable bonds is 4. The molecular weight excluding hydrogens is 431 g/mol. The van der Waals surface area contributed by atoms with Crippen molar-refractivity contribution in [3.63, 3.8) is 0 Å². The number of carboxylic acids is 1. The third-order valence-electron chi connectivity index (χ3n) is 5.86. The summed E-state index contributed by atoms with van der Waals surface area (Å²) in [5, 5.41) is 15.4. The van der Waals surface area contributed by atoms with E-state index < -0.39 is 12.1 Å². The fraction of sp³-hybridized carbons (Fsp3) is 0.600. The van der Waals surface area contributed by atoms with Crippen LogP contribution in [0.5, 0.6) is 0 Å². The van der Waals surface area contributed by atoms with Crippen LogP contribution in [0.4, 0.5) is 13.2 Å². The maximum absolute atomic E-state index is 12.6. The molecule has 9 nitrogen and oxygen atoms in total. The maximum atomic E-state index is 12.6. The lowest BCUT2D eigenvalue weighted by Gasteiger charge is -2.24. The van der Waals surface area contributed by atoms with E-state index in [9.17, 15) is 18.0 Å². The van der Waals surface area contributed by atoms with Crippen LogP contribution in [0.1, 0.15) is 35.4 Å². The Labute approximate surface area is 182 Å². The molecule has 0 radical (unpaired) electrons. The first-order chi connectivity index (χ1) is 14.9. The molecule has 2 aromatic rings. The Morgan fingerprint density at radius 3 is 2.50 bits per heavy atom. The van der Waals surface area contributed by atoms with E-state index in [2.05, 4.69) is 21.4 Å². The third kappa shape index (κ3) is 5.47. The van der Waals surface area contributed by atoms with E-state index in [1.807, 2.05) is 36.7 Å². The molecule has 1 amide bonds. The number of likely N-dealkylation sites (tertiary alicyclic amines) is 2. The van der Waals surface area contributed by atoms with Crippen molar-refractivity contribution in [1.29, 1.82) is 0 Å². The highest BCUT2D eigenvalue weighted by Crippen LogP contribution is 2.41. The molecule has 0 aromatic carbocycles. The minimum absolute atomic E-state index is 0.0955. The summed E-state index contributed by atoms with van der Waals surface area (Å²) < 4.78 is 38.8. The number of aryl methyl sites for hydroxylation is 3. The molecule has 0 bridgehead atoms. The number of carbonyl (C=O) groups excluding carboxylic acids is 1. The van der Waals surface area contributed by atoms with Crippen LogP contribution in [0.3, 0.4) is 0 Å². The van der Waals surface area contributed by atoms with Crippen molar-refractivity contribution in [3.05, 3.63) is 35.0 Å². The molecule has 1 atom stereocenters. The number of carbonyl (C=O) groups is 2. The van der Waals surface area contributed by atoms with Gasteiger partial charge in [0, 0.05) is 55.8 Å². The van der Waals surface area contributed by atoms with Crippen LogP contribution in [-0.4, -0.2) is 67.5 Å². The topological polar surface area (TPSA) is 105 Å². The Kier molecular flexibility index (Phi) is 6.63. The highest BCUT2D eigenvalue weighted by atomic mass is 19.4. The second-order valence-electron chi connectivity index (χ2n) is 8.52. The molecule has 1 unspecified atom stereocenters. The molecule has 0 aliphatic carbocycles. The van der Waals surface area contributed by atoms with Gasteiger partial charge < -0.3 is 14.5 Å². The fourth-order valence-corrected chi connectivity index (χ4v) is 4.29.